The Labute approximate surface area is 179 Å². The first-order valence-electron chi connectivity index (χ1n) is 10.3. The minimum Gasteiger partial charge on any atom is -0.352 e. The van der Waals surface area contributed by atoms with Gasteiger partial charge in [-0.25, -0.2) is 0 Å². The van der Waals surface area contributed by atoms with Crippen LogP contribution in [0.1, 0.15) is 23.1 Å². The van der Waals surface area contributed by atoms with Gasteiger partial charge in [-0.05, 0) is 55.4 Å². The fraction of sp³-hybridized carbons (Fsp3) is 0.435. The molecule has 1 aliphatic rings. The van der Waals surface area contributed by atoms with Crippen molar-refractivity contribution >= 4 is 17.6 Å². The largest absolute Gasteiger partial charge is 0.352 e. The van der Waals surface area contributed by atoms with Gasteiger partial charge in [0, 0.05) is 44.8 Å². The average molecular weight is 414 g/mol. The van der Waals surface area contributed by atoms with Crippen LogP contribution < -0.4 is 10.6 Å². The molecule has 0 saturated carbocycles. The van der Waals surface area contributed by atoms with Crippen LogP contribution in [0.3, 0.4) is 0 Å². The number of guanidine groups is 1. The van der Waals surface area contributed by atoms with Gasteiger partial charge in [0.2, 0.25) is 0 Å². The van der Waals surface area contributed by atoms with Gasteiger partial charge in [0.25, 0.3) is 0 Å². The number of halogens is 1. The van der Waals surface area contributed by atoms with E-state index in [1.807, 2.05) is 24.3 Å². The minimum atomic E-state index is 0.685. The lowest BCUT2D eigenvalue weighted by Crippen LogP contribution is -2.36. The quantitative estimate of drug-likeness (QED) is 0.563. The second-order valence-corrected chi connectivity index (χ2v) is 8.10. The standard InChI is InChI=1S/C23H32ClN5/c1-25-23(27-17-21-5-3-6-22(24)15-21)26-16-19-7-9-20(10-8-19)18-29-12-4-11-28(2)13-14-29/h3,5-10,15H,4,11-14,16-18H2,1-2H3,(H2,25,26,27). The second-order valence-electron chi connectivity index (χ2n) is 7.66. The number of nitrogens with one attached hydrogen (secondary N) is 2. The Morgan fingerprint density at radius 2 is 1.66 bits per heavy atom. The third kappa shape index (κ3) is 7.35. The molecule has 0 unspecified atom stereocenters. The normalized spacial score (nSPS) is 16.4. The van der Waals surface area contributed by atoms with Crippen LogP contribution in [0.15, 0.2) is 53.5 Å². The molecule has 156 valence electrons. The molecular weight excluding hydrogens is 382 g/mol. The Kier molecular flexibility index (Phi) is 8.35. The summed E-state index contributed by atoms with van der Waals surface area (Å²) in [6.07, 6.45) is 1.25. The number of benzene rings is 2. The van der Waals surface area contributed by atoms with Gasteiger partial charge in [0.1, 0.15) is 0 Å². The molecule has 0 aliphatic carbocycles. The van der Waals surface area contributed by atoms with Gasteiger partial charge in [0.05, 0.1) is 0 Å². The summed E-state index contributed by atoms with van der Waals surface area (Å²) in [4.78, 5) is 9.27. The van der Waals surface area contributed by atoms with E-state index in [2.05, 4.69) is 56.7 Å². The van der Waals surface area contributed by atoms with Crippen LogP contribution in [0.4, 0.5) is 0 Å². The van der Waals surface area contributed by atoms with E-state index in [-0.39, 0.29) is 0 Å². The molecule has 3 rings (SSSR count). The summed E-state index contributed by atoms with van der Waals surface area (Å²) in [5, 5.41) is 7.45. The first kappa shape index (κ1) is 21.6. The van der Waals surface area contributed by atoms with E-state index in [0.717, 1.165) is 42.7 Å². The highest BCUT2D eigenvalue weighted by Gasteiger charge is 2.12. The Hall–Kier alpha value is -2.08. The number of hydrogen-bond acceptors (Lipinski definition) is 3. The predicted octanol–water partition coefficient (Wildman–Crippen LogP) is 3.34. The third-order valence-electron chi connectivity index (χ3n) is 5.27. The molecule has 1 heterocycles. The highest BCUT2D eigenvalue weighted by Crippen LogP contribution is 2.11. The molecule has 5 nitrogen and oxygen atoms in total. The zero-order chi connectivity index (χ0) is 20.5. The SMILES string of the molecule is CN=C(NCc1ccc(CN2CCCN(C)CC2)cc1)NCc1cccc(Cl)c1. The van der Waals surface area contributed by atoms with Gasteiger partial charge in [-0.1, -0.05) is 48.0 Å². The molecular formula is C23H32ClN5. The van der Waals surface area contributed by atoms with Crippen molar-refractivity contribution in [1.82, 2.24) is 20.4 Å². The smallest absolute Gasteiger partial charge is 0.191 e. The molecule has 0 atom stereocenters. The van der Waals surface area contributed by atoms with Crippen LogP contribution in [-0.2, 0) is 19.6 Å². The summed E-state index contributed by atoms with van der Waals surface area (Å²) < 4.78 is 0. The fourth-order valence-electron chi connectivity index (χ4n) is 3.52. The lowest BCUT2D eigenvalue weighted by Gasteiger charge is -2.20. The molecule has 2 N–H and O–H groups in total. The summed E-state index contributed by atoms with van der Waals surface area (Å²) in [5.74, 6) is 0.780. The number of aliphatic imine (C=N–C) groups is 1. The third-order valence-corrected chi connectivity index (χ3v) is 5.51. The lowest BCUT2D eigenvalue weighted by atomic mass is 10.1. The van der Waals surface area contributed by atoms with E-state index in [0.29, 0.717) is 6.54 Å². The van der Waals surface area contributed by atoms with Crippen LogP contribution in [0.25, 0.3) is 0 Å². The van der Waals surface area contributed by atoms with Crippen molar-refractivity contribution in [1.29, 1.82) is 0 Å². The molecule has 0 amide bonds. The molecule has 1 saturated heterocycles. The van der Waals surface area contributed by atoms with Crippen molar-refractivity contribution in [2.75, 3.05) is 40.3 Å². The van der Waals surface area contributed by atoms with Crippen molar-refractivity contribution in [2.45, 2.75) is 26.1 Å². The van der Waals surface area contributed by atoms with Crippen LogP contribution in [0.5, 0.6) is 0 Å². The minimum absolute atomic E-state index is 0.685. The van der Waals surface area contributed by atoms with Crippen LogP contribution in [-0.4, -0.2) is 56.0 Å². The number of hydrogen-bond donors (Lipinski definition) is 2. The van der Waals surface area contributed by atoms with E-state index in [4.69, 9.17) is 11.6 Å². The van der Waals surface area contributed by atoms with Gasteiger partial charge in [-0.15, -0.1) is 0 Å². The van der Waals surface area contributed by atoms with Crippen molar-refractivity contribution < 1.29 is 0 Å². The van der Waals surface area contributed by atoms with E-state index >= 15 is 0 Å². The van der Waals surface area contributed by atoms with Crippen LogP contribution in [0, 0.1) is 0 Å². The number of nitrogens with zero attached hydrogens (tertiary/aromatic N) is 3. The molecule has 29 heavy (non-hydrogen) atoms. The topological polar surface area (TPSA) is 42.9 Å². The van der Waals surface area contributed by atoms with Crippen LogP contribution >= 0.6 is 11.6 Å². The van der Waals surface area contributed by atoms with E-state index < -0.39 is 0 Å². The molecule has 2 aromatic rings. The van der Waals surface area contributed by atoms with Crippen molar-refractivity contribution in [2.24, 2.45) is 4.99 Å². The van der Waals surface area contributed by atoms with E-state index in [9.17, 15) is 0 Å². The molecule has 0 spiro atoms. The first-order chi connectivity index (χ1) is 14.1. The first-order valence-corrected chi connectivity index (χ1v) is 10.7. The molecule has 0 bridgehead atoms. The Morgan fingerprint density at radius 3 is 2.38 bits per heavy atom. The molecule has 1 aliphatic heterocycles. The molecule has 1 fully saturated rings. The van der Waals surface area contributed by atoms with Crippen molar-refractivity contribution in [3.05, 3.63) is 70.2 Å². The van der Waals surface area contributed by atoms with Gasteiger partial charge in [-0.2, -0.15) is 0 Å². The Balaban J connectivity index is 1.45. The lowest BCUT2D eigenvalue weighted by molar-refractivity contribution is 0.269. The number of likely N-dealkylation sites (N-methyl/N-ethyl adjacent to an activating group) is 1. The molecule has 6 heteroatoms. The molecule has 0 radical (unpaired) electrons. The highest BCUT2D eigenvalue weighted by molar-refractivity contribution is 6.30. The Bertz CT molecular complexity index is 790. The summed E-state index contributed by atoms with van der Waals surface area (Å²) in [6.45, 7) is 7.15. The molecule has 0 aromatic heterocycles. The highest BCUT2D eigenvalue weighted by atomic mass is 35.5. The van der Waals surface area contributed by atoms with Gasteiger partial charge < -0.3 is 15.5 Å². The van der Waals surface area contributed by atoms with Crippen LogP contribution in [0.2, 0.25) is 5.02 Å². The summed E-state index contributed by atoms with van der Waals surface area (Å²) >= 11 is 6.05. The second kappa shape index (κ2) is 11.2. The van der Waals surface area contributed by atoms with Crippen molar-refractivity contribution in [3.8, 4) is 0 Å². The molecule has 2 aromatic carbocycles. The summed E-state index contributed by atoms with van der Waals surface area (Å²) in [6, 6.07) is 16.7. The monoisotopic (exact) mass is 413 g/mol. The van der Waals surface area contributed by atoms with Gasteiger partial charge in [0.15, 0.2) is 5.96 Å². The summed E-state index contributed by atoms with van der Waals surface area (Å²) in [5.41, 5.74) is 3.75. The average Bonchev–Trinajstić information content (AvgIpc) is 2.93. The maximum Gasteiger partial charge on any atom is 0.191 e. The zero-order valence-corrected chi connectivity index (χ0v) is 18.3. The fourth-order valence-corrected chi connectivity index (χ4v) is 3.73. The van der Waals surface area contributed by atoms with E-state index in [1.165, 1.54) is 30.6 Å². The maximum absolute atomic E-state index is 6.05. The Morgan fingerprint density at radius 1 is 0.931 bits per heavy atom. The van der Waals surface area contributed by atoms with Gasteiger partial charge in [-0.3, -0.25) is 9.89 Å². The van der Waals surface area contributed by atoms with Gasteiger partial charge >= 0.3 is 0 Å². The maximum atomic E-state index is 6.05. The van der Waals surface area contributed by atoms with E-state index in [1.54, 1.807) is 7.05 Å². The zero-order valence-electron chi connectivity index (χ0n) is 17.5. The summed E-state index contributed by atoms with van der Waals surface area (Å²) in [7, 11) is 4.00. The van der Waals surface area contributed by atoms with Crippen molar-refractivity contribution in [3.63, 3.8) is 0 Å². The predicted molar refractivity (Wildman–Crippen MR) is 122 cm³/mol. The number of rotatable bonds is 6.